The predicted molar refractivity (Wildman–Crippen MR) is 69.1 cm³/mol. The first-order chi connectivity index (χ1) is 8.81. The zero-order chi connectivity index (χ0) is 12.1. The Morgan fingerprint density at radius 2 is 1.78 bits per heavy atom. The van der Waals surface area contributed by atoms with Gasteiger partial charge in [0, 0.05) is 28.8 Å². The third kappa shape index (κ3) is 1.49. The summed E-state index contributed by atoms with van der Waals surface area (Å²) in [7, 11) is 0. The molecule has 2 aromatic rings. The molecule has 1 aliphatic carbocycles. The van der Waals surface area contributed by atoms with Crippen LogP contribution in [-0.4, -0.2) is 18.2 Å². The highest BCUT2D eigenvalue weighted by Crippen LogP contribution is 2.42. The fraction of sp³-hybridized carbons (Fsp3) is 0.357. The first kappa shape index (κ1) is 10.00. The third-order valence-electron chi connectivity index (χ3n) is 3.52. The van der Waals surface area contributed by atoms with E-state index >= 15 is 0 Å². The molecule has 4 heteroatoms. The molecule has 2 N–H and O–H groups in total. The molecule has 0 saturated heterocycles. The van der Waals surface area contributed by atoms with E-state index in [2.05, 4.69) is 0 Å². The van der Waals surface area contributed by atoms with Crippen LogP contribution in [0, 0.1) is 0 Å². The van der Waals surface area contributed by atoms with Crippen molar-refractivity contribution in [2.75, 3.05) is 18.9 Å². The van der Waals surface area contributed by atoms with Gasteiger partial charge in [0.2, 0.25) is 0 Å². The Morgan fingerprint density at radius 1 is 1.06 bits per heavy atom. The molecule has 0 unspecified atom stereocenters. The third-order valence-corrected chi connectivity index (χ3v) is 3.52. The van der Waals surface area contributed by atoms with Crippen molar-refractivity contribution in [2.24, 2.45) is 0 Å². The monoisotopic (exact) mass is 242 g/mol. The predicted octanol–water partition coefficient (Wildman–Crippen LogP) is 2.47. The number of nitrogen functional groups attached to an aromatic ring is 1. The minimum Gasteiger partial charge on any atom is -0.486 e. The summed E-state index contributed by atoms with van der Waals surface area (Å²) in [5.74, 6) is 2.14. The van der Waals surface area contributed by atoms with Crippen LogP contribution in [0.4, 0.5) is 5.69 Å². The second kappa shape index (κ2) is 3.51. The van der Waals surface area contributed by atoms with Crippen LogP contribution in [0.1, 0.15) is 24.5 Å². The molecule has 0 bridgehead atoms. The van der Waals surface area contributed by atoms with E-state index in [-0.39, 0.29) is 0 Å². The lowest BCUT2D eigenvalue weighted by molar-refractivity contribution is 0.172. The molecule has 1 aromatic carbocycles. The first-order valence-corrected chi connectivity index (χ1v) is 6.31. The van der Waals surface area contributed by atoms with Crippen LogP contribution in [-0.2, 0) is 0 Å². The number of anilines is 1. The number of nitrogens with two attached hydrogens (primary N) is 1. The van der Waals surface area contributed by atoms with Gasteiger partial charge >= 0.3 is 0 Å². The van der Waals surface area contributed by atoms with Crippen LogP contribution >= 0.6 is 0 Å². The molecule has 1 saturated carbocycles. The van der Waals surface area contributed by atoms with E-state index in [0.29, 0.717) is 19.1 Å². The fourth-order valence-corrected chi connectivity index (χ4v) is 2.40. The van der Waals surface area contributed by atoms with E-state index in [9.17, 15) is 0 Å². The molecule has 4 rings (SSSR count). The van der Waals surface area contributed by atoms with Gasteiger partial charge in [-0.15, -0.1) is 0 Å². The van der Waals surface area contributed by atoms with Crippen molar-refractivity contribution in [3.05, 3.63) is 23.9 Å². The Labute approximate surface area is 105 Å². The number of benzene rings is 1. The van der Waals surface area contributed by atoms with Crippen LogP contribution in [0.15, 0.2) is 18.2 Å². The van der Waals surface area contributed by atoms with Crippen molar-refractivity contribution in [1.82, 2.24) is 4.98 Å². The largest absolute Gasteiger partial charge is 0.486 e. The molecular weight excluding hydrogens is 228 g/mol. The van der Waals surface area contributed by atoms with Crippen LogP contribution in [0.25, 0.3) is 10.9 Å². The number of nitrogens with zero attached hydrogens (tertiary/aromatic N) is 1. The second-order valence-electron chi connectivity index (χ2n) is 4.92. The maximum Gasteiger partial charge on any atom is 0.163 e. The van der Waals surface area contributed by atoms with Crippen molar-refractivity contribution in [3.63, 3.8) is 0 Å². The van der Waals surface area contributed by atoms with Gasteiger partial charge in [-0.25, -0.2) is 0 Å². The minimum atomic E-state index is 0.589. The molecule has 1 aliphatic heterocycles. The zero-order valence-electron chi connectivity index (χ0n) is 9.98. The van der Waals surface area contributed by atoms with Crippen LogP contribution in [0.5, 0.6) is 11.5 Å². The van der Waals surface area contributed by atoms with Gasteiger partial charge in [0.05, 0.1) is 5.52 Å². The van der Waals surface area contributed by atoms with Crippen LogP contribution in [0.3, 0.4) is 0 Å². The molecule has 1 aromatic heterocycles. The summed E-state index contributed by atoms with van der Waals surface area (Å²) >= 11 is 0. The molecule has 2 heterocycles. The second-order valence-corrected chi connectivity index (χ2v) is 4.92. The normalized spacial score (nSPS) is 18.0. The lowest BCUT2D eigenvalue weighted by Crippen LogP contribution is -2.15. The maximum absolute atomic E-state index is 6.12. The Balaban J connectivity index is 1.94. The highest BCUT2D eigenvalue weighted by molar-refractivity contribution is 5.93. The number of hydrogen-bond donors (Lipinski definition) is 1. The van der Waals surface area contributed by atoms with E-state index in [1.54, 1.807) is 0 Å². The van der Waals surface area contributed by atoms with E-state index in [1.165, 1.54) is 12.8 Å². The molecule has 92 valence electrons. The summed E-state index contributed by atoms with van der Waals surface area (Å²) in [5.41, 5.74) is 8.91. The van der Waals surface area contributed by atoms with E-state index in [4.69, 9.17) is 20.2 Å². The Bertz CT molecular complexity index is 635. The van der Waals surface area contributed by atoms with Gasteiger partial charge < -0.3 is 15.2 Å². The van der Waals surface area contributed by atoms with Gasteiger partial charge in [0.15, 0.2) is 11.5 Å². The molecule has 0 amide bonds. The molecule has 0 spiro atoms. The number of fused-ring (bicyclic) bond motifs is 2. The SMILES string of the molecule is Nc1cc(C2CC2)nc2cc3c(cc12)OCCO3. The topological polar surface area (TPSA) is 57.4 Å². The highest BCUT2D eigenvalue weighted by Gasteiger charge is 2.26. The number of aromatic nitrogens is 1. The molecule has 1 fully saturated rings. The number of ether oxygens (including phenoxy) is 2. The first-order valence-electron chi connectivity index (χ1n) is 6.31. The summed E-state index contributed by atoms with van der Waals surface area (Å²) in [5, 5.41) is 0.948. The van der Waals surface area contributed by atoms with Crippen molar-refractivity contribution in [1.29, 1.82) is 0 Å². The Morgan fingerprint density at radius 3 is 2.50 bits per heavy atom. The molecule has 18 heavy (non-hydrogen) atoms. The van der Waals surface area contributed by atoms with Crippen molar-refractivity contribution in [3.8, 4) is 11.5 Å². The Hall–Kier alpha value is -1.97. The van der Waals surface area contributed by atoms with Crippen LogP contribution < -0.4 is 15.2 Å². The standard InChI is InChI=1S/C14H14N2O2/c15-10-6-11(8-1-2-8)16-12-7-14-13(5-9(10)12)17-3-4-18-14/h5-8H,1-4H2,(H2,15,16). The van der Waals surface area contributed by atoms with Crippen LogP contribution in [0.2, 0.25) is 0 Å². The van der Waals surface area contributed by atoms with Gasteiger partial charge in [-0.05, 0) is 25.0 Å². The fourth-order valence-electron chi connectivity index (χ4n) is 2.40. The van der Waals surface area contributed by atoms with Gasteiger partial charge in [-0.1, -0.05) is 0 Å². The van der Waals surface area contributed by atoms with Gasteiger partial charge in [-0.3, -0.25) is 4.98 Å². The van der Waals surface area contributed by atoms with Crippen molar-refractivity contribution < 1.29 is 9.47 Å². The lowest BCUT2D eigenvalue weighted by atomic mass is 10.1. The summed E-state index contributed by atoms with van der Waals surface area (Å²) in [6.07, 6.45) is 2.45. The molecule has 0 radical (unpaired) electrons. The highest BCUT2D eigenvalue weighted by atomic mass is 16.6. The molecular formula is C14H14N2O2. The van der Waals surface area contributed by atoms with Gasteiger partial charge in [0.25, 0.3) is 0 Å². The van der Waals surface area contributed by atoms with Gasteiger partial charge in [-0.2, -0.15) is 0 Å². The van der Waals surface area contributed by atoms with E-state index in [0.717, 1.165) is 33.8 Å². The summed E-state index contributed by atoms with van der Waals surface area (Å²) in [4.78, 5) is 4.69. The van der Waals surface area contributed by atoms with E-state index < -0.39 is 0 Å². The lowest BCUT2D eigenvalue weighted by Gasteiger charge is -2.19. The minimum absolute atomic E-state index is 0.589. The zero-order valence-corrected chi connectivity index (χ0v) is 9.98. The van der Waals surface area contributed by atoms with Gasteiger partial charge in [0.1, 0.15) is 13.2 Å². The average Bonchev–Trinajstić information content (AvgIpc) is 3.21. The van der Waals surface area contributed by atoms with E-state index in [1.807, 2.05) is 18.2 Å². The average molecular weight is 242 g/mol. The quantitative estimate of drug-likeness (QED) is 0.834. The summed E-state index contributed by atoms with van der Waals surface area (Å²) < 4.78 is 11.1. The number of hydrogen-bond acceptors (Lipinski definition) is 4. The summed E-state index contributed by atoms with van der Waals surface area (Å²) in [6.45, 7) is 1.18. The number of pyridine rings is 1. The van der Waals surface area contributed by atoms with Crippen molar-refractivity contribution >= 4 is 16.6 Å². The summed E-state index contributed by atoms with van der Waals surface area (Å²) in [6, 6.07) is 5.87. The van der Waals surface area contributed by atoms with Crippen molar-refractivity contribution in [2.45, 2.75) is 18.8 Å². The smallest absolute Gasteiger partial charge is 0.163 e. The molecule has 2 aliphatic rings. The molecule has 0 atom stereocenters. The maximum atomic E-state index is 6.12. The molecule has 4 nitrogen and oxygen atoms in total. The number of rotatable bonds is 1. The Kier molecular flexibility index (Phi) is 1.95.